The van der Waals surface area contributed by atoms with Gasteiger partial charge in [0.05, 0.1) is 0 Å². The molecule has 1 saturated heterocycles. The normalized spacial score (nSPS) is 27.5. The molecule has 0 aromatic rings. The molecule has 0 spiro atoms. The minimum Gasteiger partial charge on any atom is -0.333 e. The molecule has 3 heteroatoms. The van der Waals surface area contributed by atoms with Crippen molar-refractivity contribution < 1.29 is 4.79 Å². The summed E-state index contributed by atoms with van der Waals surface area (Å²) in [7, 11) is 1.96. The van der Waals surface area contributed by atoms with Crippen LogP contribution in [-0.2, 0) is 4.79 Å². The number of rotatable bonds is 2. The largest absolute Gasteiger partial charge is 0.333 e. The monoisotopic (exact) mass is 212 g/mol. The summed E-state index contributed by atoms with van der Waals surface area (Å²) in [6.45, 7) is 8.18. The Morgan fingerprint density at radius 2 is 2.13 bits per heavy atom. The fourth-order valence-electron chi connectivity index (χ4n) is 2.77. The molecular formula is C12H24N2O. The van der Waals surface area contributed by atoms with Gasteiger partial charge in [0.1, 0.15) is 0 Å². The van der Waals surface area contributed by atoms with Gasteiger partial charge in [0.25, 0.3) is 0 Å². The van der Waals surface area contributed by atoms with Crippen LogP contribution in [0.25, 0.3) is 0 Å². The number of carbonyl (C=O) groups excluding carboxylic acids is 1. The predicted molar refractivity (Wildman–Crippen MR) is 62.8 cm³/mol. The van der Waals surface area contributed by atoms with Crippen LogP contribution < -0.4 is 5.32 Å². The Kier molecular flexibility index (Phi) is 3.77. The topological polar surface area (TPSA) is 32.3 Å². The molecular weight excluding hydrogens is 188 g/mol. The molecule has 2 unspecified atom stereocenters. The van der Waals surface area contributed by atoms with Gasteiger partial charge in [-0.25, -0.2) is 0 Å². The van der Waals surface area contributed by atoms with E-state index in [-0.39, 0.29) is 11.4 Å². The molecule has 3 nitrogen and oxygen atoms in total. The van der Waals surface area contributed by atoms with Gasteiger partial charge in [-0.3, -0.25) is 4.79 Å². The van der Waals surface area contributed by atoms with Crippen LogP contribution in [0.4, 0.5) is 0 Å². The van der Waals surface area contributed by atoms with Crippen LogP contribution in [0, 0.1) is 0 Å². The Hall–Kier alpha value is -0.570. The maximum absolute atomic E-state index is 11.7. The fourth-order valence-corrected chi connectivity index (χ4v) is 2.77. The van der Waals surface area contributed by atoms with Crippen LogP contribution in [0.3, 0.4) is 0 Å². The summed E-state index contributed by atoms with van der Waals surface area (Å²) in [5, 5.41) is 3.26. The molecule has 1 aliphatic heterocycles. The molecule has 1 heterocycles. The van der Waals surface area contributed by atoms with Crippen LogP contribution in [0.1, 0.15) is 47.0 Å². The van der Waals surface area contributed by atoms with E-state index in [2.05, 4.69) is 31.0 Å². The molecule has 1 rings (SSSR count). The van der Waals surface area contributed by atoms with E-state index in [0.717, 1.165) is 12.8 Å². The summed E-state index contributed by atoms with van der Waals surface area (Å²) in [5.41, 5.74) is 0.0137. The van der Waals surface area contributed by atoms with Crippen molar-refractivity contribution >= 4 is 5.91 Å². The second-order valence-electron chi connectivity index (χ2n) is 5.24. The predicted octanol–water partition coefficient (Wildman–Crippen LogP) is 1.77. The molecule has 88 valence electrons. The molecule has 0 saturated carbocycles. The number of likely N-dealkylation sites (N-methyl/N-ethyl adjacent to an activating group) is 1. The molecule has 1 fully saturated rings. The van der Waals surface area contributed by atoms with Crippen molar-refractivity contribution in [1.82, 2.24) is 10.2 Å². The molecule has 1 aliphatic rings. The highest BCUT2D eigenvalue weighted by Gasteiger charge is 2.39. The van der Waals surface area contributed by atoms with E-state index in [9.17, 15) is 4.79 Å². The summed E-state index contributed by atoms with van der Waals surface area (Å²) < 4.78 is 0. The number of hydrogen-bond acceptors (Lipinski definition) is 2. The molecule has 1 N–H and O–H groups in total. The van der Waals surface area contributed by atoms with Gasteiger partial charge < -0.3 is 10.2 Å². The van der Waals surface area contributed by atoms with Crippen molar-refractivity contribution in [3.8, 4) is 0 Å². The molecule has 0 bridgehead atoms. The summed E-state index contributed by atoms with van der Waals surface area (Å²) in [6.07, 6.45) is 3.44. The van der Waals surface area contributed by atoms with E-state index >= 15 is 0 Å². The lowest BCUT2D eigenvalue weighted by molar-refractivity contribution is -0.141. The first-order chi connectivity index (χ1) is 6.90. The maximum Gasteiger partial charge on any atom is 0.220 e. The SMILES string of the molecule is CNC(C)C1CCCC(C)(C)N1C(C)=O. The maximum atomic E-state index is 11.7. The van der Waals surface area contributed by atoms with Crippen molar-refractivity contribution in [1.29, 1.82) is 0 Å². The van der Waals surface area contributed by atoms with E-state index in [1.165, 1.54) is 6.42 Å². The second kappa shape index (κ2) is 4.52. The van der Waals surface area contributed by atoms with Crippen molar-refractivity contribution in [2.24, 2.45) is 0 Å². The summed E-state index contributed by atoms with van der Waals surface area (Å²) in [4.78, 5) is 13.8. The summed E-state index contributed by atoms with van der Waals surface area (Å²) >= 11 is 0. The highest BCUT2D eigenvalue weighted by molar-refractivity contribution is 5.74. The van der Waals surface area contributed by atoms with Gasteiger partial charge in [-0.05, 0) is 47.1 Å². The van der Waals surface area contributed by atoms with Crippen molar-refractivity contribution in [3.05, 3.63) is 0 Å². The first-order valence-electron chi connectivity index (χ1n) is 5.87. The average Bonchev–Trinajstić information content (AvgIpc) is 2.14. The standard InChI is InChI=1S/C12H24N2O/c1-9(13-5)11-7-6-8-12(3,4)14(11)10(2)15/h9,11,13H,6-8H2,1-5H3. The number of piperidine rings is 1. The van der Waals surface area contributed by atoms with Gasteiger partial charge in [-0.1, -0.05) is 0 Å². The third kappa shape index (κ3) is 2.51. The molecule has 15 heavy (non-hydrogen) atoms. The lowest BCUT2D eigenvalue weighted by Gasteiger charge is -2.49. The van der Waals surface area contributed by atoms with E-state index in [0.29, 0.717) is 12.1 Å². The molecule has 0 aromatic heterocycles. The van der Waals surface area contributed by atoms with Crippen molar-refractivity contribution in [3.63, 3.8) is 0 Å². The van der Waals surface area contributed by atoms with Gasteiger partial charge in [-0.2, -0.15) is 0 Å². The minimum atomic E-state index is 0.0137. The second-order valence-corrected chi connectivity index (χ2v) is 5.24. The van der Waals surface area contributed by atoms with Crippen LogP contribution in [0.15, 0.2) is 0 Å². The number of hydrogen-bond donors (Lipinski definition) is 1. The Bertz CT molecular complexity index is 238. The molecule has 0 radical (unpaired) electrons. The number of carbonyl (C=O) groups is 1. The average molecular weight is 212 g/mol. The van der Waals surface area contributed by atoms with Crippen molar-refractivity contribution in [2.45, 2.75) is 64.6 Å². The van der Waals surface area contributed by atoms with Crippen LogP contribution in [0.5, 0.6) is 0 Å². The van der Waals surface area contributed by atoms with Gasteiger partial charge >= 0.3 is 0 Å². The zero-order valence-corrected chi connectivity index (χ0v) is 10.6. The zero-order valence-electron chi connectivity index (χ0n) is 10.6. The van der Waals surface area contributed by atoms with Crippen LogP contribution in [0.2, 0.25) is 0 Å². The summed E-state index contributed by atoms with van der Waals surface area (Å²) in [6, 6.07) is 0.713. The molecule has 2 atom stereocenters. The first kappa shape index (κ1) is 12.5. The fraction of sp³-hybridized carbons (Fsp3) is 0.917. The van der Waals surface area contributed by atoms with E-state index in [1.807, 2.05) is 7.05 Å². The third-order valence-electron chi connectivity index (χ3n) is 3.64. The first-order valence-corrected chi connectivity index (χ1v) is 5.87. The van der Waals surface area contributed by atoms with E-state index in [1.54, 1.807) is 6.92 Å². The number of amides is 1. The van der Waals surface area contributed by atoms with Gasteiger partial charge in [0.15, 0.2) is 0 Å². The Labute approximate surface area is 93.2 Å². The van der Waals surface area contributed by atoms with Crippen LogP contribution in [-0.4, -0.2) is 35.5 Å². The van der Waals surface area contributed by atoms with Crippen molar-refractivity contribution in [2.75, 3.05) is 7.05 Å². The smallest absolute Gasteiger partial charge is 0.220 e. The van der Waals surface area contributed by atoms with E-state index < -0.39 is 0 Å². The highest BCUT2D eigenvalue weighted by Crippen LogP contribution is 2.32. The summed E-state index contributed by atoms with van der Waals surface area (Å²) in [5.74, 6) is 0.201. The van der Waals surface area contributed by atoms with E-state index in [4.69, 9.17) is 0 Å². The quantitative estimate of drug-likeness (QED) is 0.756. The lowest BCUT2D eigenvalue weighted by Crippen LogP contribution is -2.60. The Balaban J connectivity index is 2.89. The number of likely N-dealkylation sites (tertiary alicyclic amines) is 1. The van der Waals surface area contributed by atoms with Crippen LogP contribution >= 0.6 is 0 Å². The molecule has 1 amide bonds. The highest BCUT2D eigenvalue weighted by atomic mass is 16.2. The third-order valence-corrected chi connectivity index (χ3v) is 3.64. The Morgan fingerprint density at radius 1 is 1.53 bits per heavy atom. The lowest BCUT2D eigenvalue weighted by atomic mass is 9.84. The van der Waals surface area contributed by atoms with Gasteiger partial charge in [-0.15, -0.1) is 0 Å². The number of nitrogens with one attached hydrogen (secondary N) is 1. The zero-order chi connectivity index (χ0) is 11.6. The minimum absolute atomic E-state index is 0.0137. The molecule has 0 aliphatic carbocycles. The molecule has 0 aromatic carbocycles. The van der Waals surface area contributed by atoms with Gasteiger partial charge in [0, 0.05) is 24.5 Å². The number of nitrogens with zero attached hydrogens (tertiary/aromatic N) is 1. The Morgan fingerprint density at radius 3 is 2.60 bits per heavy atom. The van der Waals surface area contributed by atoms with Gasteiger partial charge in [0.2, 0.25) is 5.91 Å².